The summed E-state index contributed by atoms with van der Waals surface area (Å²) in [5.74, 6) is -1.64. The highest BCUT2D eigenvalue weighted by atomic mass is 19.1. The minimum Gasteiger partial charge on any atom is -0.483 e. The lowest BCUT2D eigenvalue weighted by Crippen LogP contribution is -2.43. The molecule has 0 spiro atoms. The summed E-state index contributed by atoms with van der Waals surface area (Å²) in [5.41, 5.74) is 4.24. The zero-order chi connectivity index (χ0) is 17.5. The number of nitrogens with zero attached hydrogens (tertiary/aromatic N) is 1. The molecule has 0 fully saturated rings. The molecule has 124 valence electrons. The maximum absolute atomic E-state index is 12.7. The first-order valence-corrected chi connectivity index (χ1v) is 6.68. The van der Waals surface area contributed by atoms with Crippen molar-refractivity contribution in [3.63, 3.8) is 0 Å². The van der Waals surface area contributed by atoms with Crippen molar-refractivity contribution in [2.45, 2.75) is 0 Å². The topological polar surface area (TPSA) is 111 Å². The van der Waals surface area contributed by atoms with E-state index in [4.69, 9.17) is 4.74 Å². The Morgan fingerprint density at radius 1 is 1.12 bits per heavy atom. The number of benzene rings is 2. The monoisotopic (exact) mass is 333 g/mol. The van der Waals surface area contributed by atoms with Gasteiger partial charge < -0.3 is 4.74 Å². The van der Waals surface area contributed by atoms with E-state index in [2.05, 4.69) is 10.9 Å². The van der Waals surface area contributed by atoms with Crippen molar-refractivity contribution in [2.24, 2.45) is 0 Å². The number of carbonyl (C=O) groups is 2. The largest absolute Gasteiger partial charge is 0.483 e. The van der Waals surface area contributed by atoms with E-state index in [1.807, 2.05) is 0 Å². The molecule has 0 bridgehead atoms. The lowest BCUT2D eigenvalue weighted by Gasteiger charge is -2.08. The van der Waals surface area contributed by atoms with Gasteiger partial charge in [0, 0.05) is 11.6 Å². The Morgan fingerprint density at radius 2 is 1.83 bits per heavy atom. The summed E-state index contributed by atoms with van der Waals surface area (Å²) in [6, 6.07) is 10.1. The molecule has 24 heavy (non-hydrogen) atoms. The molecular weight excluding hydrogens is 321 g/mol. The maximum atomic E-state index is 12.7. The number of carbonyl (C=O) groups excluding carboxylic acids is 2. The van der Waals surface area contributed by atoms with Crippen LogP contribution in [0.1, 0.15) is 10.4 Å². The van der Waals surface area contributed by atoms with Crippen LogP contribution in [-0.4, -0.2) is 23.3 Å². The Labute approximate surface area is 135 Å². The molecule has 2 N–H and O–H groups in total. The van der Waals surface area contributed by atoms with E-state index >= 15 is 0 Å². The Bertz CT molecular complexity index is 764. The molecule has 0 aliphatic heterocycles. The number of rotatable bonds is 5. The number of ether oxygens (including phenoxy) is 1. The Morgan fingerprint density at radius 3 is 2.50 bits per heavy atom. The van der Waals surface area contributed by atoms with E-state index in [0.717, 1.165) is 12.1 Å². The number of hydrogen-bond donors (Lipinski definition) is 2. The second kappa shape index (κ2) is 7.68. The fourth-order valence-electron chi connectivity index (χ4n) is 1.67. The second-order valence-electron chi connectivity index (χ2n) is 4.55. The van der Waals surface area contributed by atoms with Gasteiger partial charge in [0.25, 0.3) is 17.5 Å². The molecule has 0 radical (unpaired) electrons. The normalized spacial score (nSPS) is 9.88. The molecule has 0 aliphatic carbocycles. The number of halogens is 1. The zero-order valence-corrected chi connectivity index (χ0v) is 12.2. The first kappa shape index (κ1) is 16.9. The summed E-state index contributed by atoms with van der Waals surface area (Å²) in [6.07, 6.45) is 0. The minimum atomic E-state index is -0.669. The van der Waals surface area contributed by atoms with Crippen LogP contribution < -0.4 is 15.6 Å². The van der Waals surface area contributed by atoms with Gasteiger partial charge in [0.15, 0.2) is 6.61 Å². The van der Waals surface area contributed by atoms with Gasteiger partial charge in [-0.3, -0.25) is 30.6 Å². The molecule has 0 unspecified atom stereocenters. The molecule has 2 aromatic rings. The maximum Gasteiger partial charge on any atom is 0.276 e. The molecule has 0 heterocycles. The van der Waals surface area contributed by atoms with Crippen molar-refractivity contribution < 1.29 is 23.6 Å². The second-order valence-corrected chi connectivity index (χ2v) is 4.55. The summed E-state index contributed by atoms with van der Waals surface area (Å²) in [4.78, 5) is 33.3. The first-order chi connectivity index (χ1) is 11.5. The Balaban J connectivity index is 1.81. The van der Waals surface area contributed by atoms with Crippen LogP contribution in [-0.2, 0) is 4.79 Å². The molecule has 0 saturated carbocycles. The van der Waals surface area contributed by atoms with Gasteiger partial charge >= 0.3 is 0 Å². The molecule has 0 aliphatic rings. The molecular formula is C15H12FN3O5. The Hall–Kier alpha value is -3.49. The third-order valence-electron chi connectivity index (χ3n) is 2.82. The average Bonchev–Trinajstić information content (AvgIpc) is 2.58. The van der Waals surface area contributed by atoms with Crippen LogP contribution in [0, 0.1) is 15.9 Å². The van der Waals surface area contributed by atoms with E-state index < -0.39 is 29.2 Å². The van der Waals surface area contributed by atoms with E-state index in [9.17, 15) is 24.1 Å². The number of nitrogens with one attached hydrogen (secondary N) is 2. The zero-order valence-electron chi connectivity index (χ0n) is 12.2. The quantitative estimate of drug-likeness (QED) is 0.637. The van der Waals surface area contributed by atoms with Crippen molar-refractivity contribution in [1.82, 2.24) is 10.9 Å². The standard InChI is InChI=1S/C15H12FN3O5/c16-11-6-4-10(5-7-11)15(21)18-17-14(20)9-24-13-3-1-2-12(8-13)19(22)23/h1-8H,9H2,(H,17,20)(H,18,21). The molecule has 0 saturated heterocycles. The summed E-state index contributed by atoms with van der Waals surface area (Å²) < 4.78 is 17.8. The van der Waals surface area contributed by atoms with Gasteiger partial charge in [-0.25, -0.2) is 4.39 Å². The number of non-ortho nitro benzene ring substituents is 1. The van der Waals surface area contributed by atoms with Crippen molar-refractivity contribution in [3.8, 4) is 5.75 Å². The van der Waals surface area contributed by atoms with Crippen LogP contribution in [0.4, 0.5) is 10.1 Å². The number of nitro groups is 1. The number of amides is 2. The van der Waals surface area contributed by atoms with Gasteiger partial charge in [-0.15, -0.1) is 0 Å². The van der Waals surface area contributed by atoms with E-state index in [0.29, 0.717) is 0 Å². The fraction of sp³-hybridized carbons (Fsp3) is 0.0667. The molecule has 0 aromatic heterocycles. The van der Waals surface area contributed by atoms with Gasteiger partial charge in [0.05, 0.1) is 11.0 Å². The van der Waals surface area contributed by atoms with Gasteiger partial charge in [0.1, 0.15) is 11.6 Å². The van der Waals surface area contributed by atoms with Crippen LogP contribution in [0.5, 0.6) is 5.75 Å². The summed E-state index contributed by atoms with van der Waals surface area (Å²) in [6.45, 7) is -0.454. The average molecular weight is 333 g/mol. The summed E-state index contributed by atoms with van der Waals surface area (Å²) in [7, 11) is 0. The molecule has 2 amide bonds. The molecule has 2 rings (SSSR count). The van der Waals surface area contributed by atoms with Crippen molar-refractivity contribution in [1.29, 1.82) is 0 Å². The molecule has 9 heteroatoms. The number of hydrogen-bond acceptors (Lipinski definition) is 5. The summed E-state index contributed by atoms with van der Waals surface area (Å²) >= 11 is 0. The lowest BCUT2D eigenvalue weighted by atomic mass is 10.2. The molecule has 0 atom stereocenters. The summed E-state index contributed by atoms with van der Waals surface area (Å²) in [5, 5.41) is 10.6. The minimum absolute atomic E-state index is 0.143. The highest BCUT2D eigenvalue weighted by Crippen LogP contribution is 2.18. The fourth-order valence-corrected chi connectivity index (χ4v) is 1.67. The van der Waals surface area contributed by atoms with E-state index in [-0.39, 0.29) is 17.0 Å². The molecule has 2 aromatic carbocycles. The van der Waals surface area contributed by atoms with Gasteiger partial charge in [-0.1, -0.05) is 6.07 Å². The van der Waals surface area contributed by atoms with Crippen molar-refractivity contribution in [2.75, 3.05) is 6.61 Å². The smallest absolute Gasteiger partial charge is 0.276 e. The van der Waals surface area contributed by atoms with Gasteiger partial charge in [0.2, 0.25) is 0 Å². The van der Waals surface area contributed by atoms with E-state index in [1.54, 1.807) is 0 Å². The van der Waals surface area contributed by atoms with Crippen molar-refractivity contribution >= 4 is 17.5 Å². The van der Waals surface area contributed by atoms with Crippen LogP contribution in [0.15, 0.2) is 48.5 Å². The van der Waals surface area contributed by atoms with Crippen molar-refractivity contribution in [3.05, 3.63) is 70.0 Å². The third-order valence-corrected chi connectivity index (χ3v) is 2.82. The number of hydrazine groups is 1. The van der Waals surface area contributed by atoms with Crippen LogP contribution in [0.3, 0.4) is 0 Å². The first-order valence-electron chi connectivity index (χ1n) is 6.68. The van der Waals surface area contributed by atoms with Crippen LogP contribution in [0.25, 0.3) is 0 Å². The highest BCUT2D eigenvalue weighted by molar-refractivity contribution is 5.95. The van der Waals surface area contributed by atoms with Gasteiger partial charge in [-0.2, -0.15) is 0 Å². The SMILES string of the molecule is O=C(COc1cccc([N+](=O)[O-])c1)NNC(=O)c1ccc(F)cc1. The van der Waals surface area contributed by atoms with Crippen LogP contribution >= 0.6 is 0 Å². The van der Waals surface area contributed by atoms with Crippen LogP contribution in [0.2, 0.25) is 0 Å². The van der Waals surface area contributed by atoms with Gasteiger partial charge in [-0.05, 0) is 30.3 Å². The molecule has 8 nitrogen and oxygen atoms in total. The predicted molar refractivity (Wildman–Crippen MR) is 80.6 cm³/mol. The lowest BCUT2D eigenvalue weighted by molar-refractivity contribution is -0.384. The Kier molecular flexibility index (Phi) is 5.40. The predicted octanol–water partition coefficient (Wildman–Crippen LogP) is 1.57. The number of nitro benzene ring substituents is 1. The third kappa shape index (κ3) is 4.77. The highest BCUT2D eigenvalue weighted by Gasteiger charge is 2.10. The van der Waals surface area contributed by atoms with E-state index in [1.165, 1.54) is 36.4 Å².